The van der Waals surface area contributed by atoms with Gasteiger partial charge in [-0.05, 0) is 16.8 Å². The average Bonchev–Trinajstić information content (AvgIpc) is 2.67. The van der Waals surface area contributed by atoms with E-state index in [2.05, 4.69) is 4.98 Å². The maximum absolute atomic E-state index is 11.8. The molecule has 8 nitrogen and oxygen atoms in total. The lowest BCUT2D eigenvalue weighted by molar-refractivity contribution is -0.388. The summed E-state index contributed by atoms with van der Waals surface area (Å²) in [6.45, 7) is 2.61. The highest BCUT2D eigenvalue weighted by Crippen LogP contribution is 2.27. The van der Waals surface area contributed by atoms with E-state index in [9.17, 15) is 14.9 Å². The summed E-state index contributed by atoms with van der Waals surface area (Å²) in [6.07, 6.45) is 1.39. The minimum atomic E-state index is -0.525. The van der Waals surface area contributed by atoms with Gasteiger partial charge in [-0.15, -0.1) is 0 Å². The lowest BCUT2D eigenvalue weighted by Gasteiger charge is -2.37. The van der Waals surface area contributed by atoms with Gasteiger partial charge in [-0.3, -0.25) is 9.36 Å². The van der Waals surface area contributed by atoms with Gasteiger partial charge in [0.1, 0.15) is 0 Å². The van der Waals surface area contributed by atoms with Gasteiger partial charge in [0, 0.05) is 26.7 Å². The van der Waals surface area contributed by atoms with Crippen LogP contribution < -0.4 is 4.90 Å². The molecule has 0 spiro atoms. The van der Waals surface area contributed by atoms with Crippen molar-refractivity contribution < 1.29 is 9.72 Å². The molecule has 8 heteroatoms. The highest BCUT2D eigenvalue weighted by Gasteiger charge is 2.33. The van der Waals surface area contributed by atoms with Crippen molar-refractivity contribution in [1.29, 1.82) is 0 Å². The Bertz CT molecular complexity index is 498. The summed E-state index contributed by atoms with van der Waals surface area (Å²) in [7, 11) is 3.42. The zero-order chi connectivity index (χ0) is 13.4. The molecule has 1 aromatic heterocycles. The highest BCUT2D eigenvalue weighted by atomic mass is 16.6. The molecule has 98 valence electrons. The fourth-order valence-corrected chi connectivity index (χ4v) is 2.09. The van der Waals surface area contributed by atoms with Crippen LogP contribution in [0.5, 0.6) is 0 Å². The van der Waals surface area contributed by atoms with Crippen LogP contribution in [0, 0.1) is 10.1 Å². The lowest BCUT2D eigenvalue weighted by atomic mass is 10.2. The monoisotopic (exact) mass is 253 g/mol. The Hall–Kier alpha value is -2.12. The SMILES string of the molecule is CC1CN(c2c([N+](=O)[O-])ncn2C)CC(=O)N1C. The molecule has 18 heavy (non-hydrogen) atoms. The number of carbonyl (C=O) groups is 1. The molecule has 0 aliphatic carbocycles. The number of aryl methyl sites for hydroxylation is 1. The van der Waals surface area contributed by atoms with Gasteiger partial charge in [0.25, 0.3) is 0 Å². The molecule has 1 aromatic rings. The second kappa shape index (κ2) is 4.28. The van der Waals surface area contributed by atoms with Crippen LogP contribution >= 0.6 is 0 Å². The maximum Gasteiger partial charge on any atom is 0.406 e. The molecule has 1 saturated heterocycles. The minimum absolute atomic E-state index is 0.0146. The number of anilines is 1. The topological polar surface area (TPSA) is 84.5 Å². The van der Waals surface area contributed by atoms with E-state index >= 15 is 0 Å². The summed E-state index contributed by atoms with van der Waals surface area (Å²) in [5.41, 5.74) is 0. The fourth-order valence-electron chi connectivity index (χ4n) is 2.09. The van der Waals surface area contributed by atoms with Gasteiger partial charge in [0.2, 0.25) is 18.1 Å². The number of nitrogens with zero attached hydrogens (tertiary/aromatic N) is 5. The van der Waals surface area contributed by atoms with E-state index in [1.165, 1.54) is 6.33 Å². The number of rotatable bonds is 2. The molecule has 0 radical (unpaired) electrons. The Morgan fingerprint density at radius 3 is 2.72 bits per heavy atom. The first-order chi connectivity index (χ1) is 8.41. The molecular weight excluding hydrogens is 238 g/mol. The van der Waals surface area contributed by atoms with E-state index in [4.69, 9.17) is 0 Å². The summed E-state index contributed by atoms with van der Waals surface area (Å²) in [4.78, 5) is 29.3. The van der Waals surface area contributed by atoms with Crippen LogP contribution in [0.15, 0.2) is 6.33 Å². The molecule has 1 fully saturated rings. The van der Waals surface area contributed by atoms with E-state index in [0.29, 0.717) is 12.4 Å². The summed E-state index contributed by atoms with van der Waals surface area (Å²) in [6, 6.07) is 0.0146. The quantitative estimate of drug-likeness (QED) is 0.547. The van der Waals surface area contributed by atoms with Gasteiger partial charge in [-0.1, -0.05) is 0 Å². The van der Waals surface area contributed by atoms with Crippen LogP contribution in [0.3, 0.4) is 0 Å². The molecule has 0 saturated carbocycles. The van der Waals surface area contributed by atoms with Crippen LogP contribution in [0.25, 0.3) is 0 Å². The number of aromatic nitrogens is 2. The number of hydrogen-bond donors (Lipinski definition) is 0. The van der Waals surface area contributed by atoms with Gasteiger partial charge >= 0.3 is 5.82 Å². The van der Waals surface area contributed by atoms with Gasteiger partial charge in [0.15, 0.2) is 0 Å². The van der Waals surface area contributed by atoms with E-state index < -0.39 is 4.92 Å². The zero-order valence-electron chi connectivity index (χ0n) is 10.5. The summed E-state index contributed by atoms with van der Waals surface area (Å²) >= 11 is 0. The van der Waals surface area contributed by atoms with Crippen LogP contribution in [-0.2, 0) is 11.8 Å². The second-order valence-corrected chi connectivity index (χ2v) is 4.49. The van der Waals surface area contributed by atoms with E-state index in [0.717, 1.165) is 0 Å². The van der Waals surface area contributed by atoms with Crippen molar-refractivity contribution in [3.63, 3.8) is 0 Å². The highest BCUT2D eigenvalue weighted by molar-refractivity contribution is 5.83. The number of carbonyl (C=O) groups excluding carboxylic acids is 1. The Balaban J connectivity index is 2.35. The van der Waals surface area contributed by atoms with Crippen molar-refractivity contribution in [3.05, 3.63) is 16.4 Å². The van der Waals surface area contributed by atoms with Gasteiger partial charge < -0.3 is 19.9 Å². The van der Waals surface area contributed by atoms with Crippen molar-refractivity contribution >= 4 is 17.5 Å². The molecule has 2 rings (SSSR count). The zero-order valence-corrected chi connectivity index (χ0v) is 10.5. The Morgan fingerprint density at radius 1 is 1.50 bits per heavy atom. The van der Waals surface area contributed by atoms with E-state index in [-0.39, 0.29) is 24.3 Å². The minimum Gasteiger partial charge on any atom is -0.358 e. The maximum atomic E-state index is 11.8. The smallest absolute Gasteiger partial charge is 0.358 e. The third-order valence-corrected chi connectivity index (χ3v) is 3.23. The summed E-state index contributed by atoms with van der Waals surface area (Å²) in [5, 5.41) is 10.9. The van der Waals surface area contributed by atoms with Gasteiger partial charge in [0.05, 0.1) is 6.54 Å². The Morgan fingerprint density at radius 2 is 2.17 bits per heavy atom. The van der Waals surface area contributed by atoms with Crippen molar-refractivity contribution in [1.82, 2.24) is 14.5 Å². The summed E-state index contributed by atoms with van der Waals surface area (Å²) < 4.78 is 1.57. The predicted molar refractivity (Wildman–Crippen MR) is 64.3 cm³/mol. The molecule has 1 aliphatic heterocycles. The molecule has 1 aliphatic rings. The molecule has 1 atom stereocenters. The Kier molecular flexibility index (Phi) is 2.93. The fraction of sp³-hybridized carbons (Fsp3) is 0.600. The van der Waals surface area contributed by atoms with E-state index in [1.807, 2.05) is 6.92 Å². The average molecular weight is 253 g/mol. The standard InChI is InChI=1S/C10H15N5O3/c1-7-4-14(5-8(16)13(7)3)10-9(15(17)18)11-6-12(10)2/h6-7H,4-5H2,1-3H3. The third-order valence-electron chi connectivity index (χ3n) is 3.23. The van der Waals surface area contributed by atoms with Crippen molar-refractivity contribution in [3.8, 4) is 0 Å². The molecule has 1 unspecified atom stereocenters. The molecule has 0 aromatic carbocycles. The molecule has 0 N–H and O–H groups in total. The van der Waals surface area contributed by atoms with Gasteiger partial charge in [-0.25, -0.2) is 0 Å². The lowest BCUT2D eigenvalue weighted by Crippen LogP contribution is -2.54. The Labute approximate surface area is 104 Å². The number of piperazine rings is 1. The van der Waals surface area contributed by atoms with Crippen LogP contribution in [0.1, 0.15) is 6.92 Å². The number of amides is 1. The number of hydrogen-bond acceptors (Lipinski definition) is 5. The van der Waals surface area contributed by atoms with Crippen LogP contribution in [-0.4, -0.2) is 51.5 Å². The first-order valence-corrected chi connectivity index (χ1v) is 5.58. The van der Waals surface area contributed by atoms with Crippen molar-refractivity contribution in [2.45, 2.75) is 13.0 Å². The summed E-state index contributed by atoms with van der Waals surface area (Å²) in [5.74, 6) is 0.125. The normalized spacial score (nSPS) is 20.4. The van der Waals surface area contributed by atoms with Crippen LogP contribution in [0.2, 0.25) is 0 Å². The van der Waals surface area contributed by atoms with Gasteiger partial charge in [-0.2, -0.15) is 0 Å². The molecule has 1 amide bonds. The first-order valence-electron chi connectivity index (χ1n) is 5.58. The molecular formula is C10H15N5O3. The third kappa shape index (κ3) is 1.89. The molecule has 0 bridgehead atoms. The van der Waals surface area contributed by atoms with Crippen molar-refractivity contribution in [2.75, 3.05) is 25.0 Å². The molecule has 2 heterocycles. The first kappa shape index (κ1) is 12.3. The number of likely N-dealkylation sites (N-methyl/N-ethyl adjacent to an activating group) is 1. The van der Waals surface area contributed by atoms with E-state index in [1.54, 1.807) is 28.5 Å². The predicted octanol–water partition coefficient (Wildman–Crippen LogP) is -0.00480. The van der Waals surface area contributed by atoms with Crippen molar-refractivity contribution in [2.24, 2.45) is 7.05 Å². The number of nitro groups is 1. The largest absolute Gasteiger partial charge is 0.406 e. The second-order valence-electron chi connectivity index (χ2n) is 4.49. The number of imidazole rings is 1. The van der Waals surface area contributed by atoms with Crippen LogP contribution in [0.4, 0.5) is 11.6 Å².